The summed E-state index contributed by atoms with van der Waals surface area (Å²) < 4.78 is 5.76. The fraction of sp³-hybridized carbons (Fsp3) is 0.583. The molecule has 1 aliphatic heterocycles. The summed E-state index contributed by atoms with van der Waals surface area (Å²) in [5.41, 5.74) is 0. The Morgan fingerprint density at radius 2 is 2.00 bits per heavy atom. The number of likely N-dealkylation sites (tertiary alicyclic amines) is 1. The number of carboxylic acid groups (broad SMARTS) is 1. The second kappa shape index (κ2) is 4.85. The van der Waals surface area contributed by atoms with Crippen LogP contribution in [0.1, 0.15) is 12.8 Å². The lowest BCUT2D eigenvalue weighted by molar-refractivity contribution is 0.143. The Kier molecular flexibility index (Phi) is 3.18. The molecule has 0 bridgehead atoms. The molecule has 1 aromatic rings. The molecule has 1 N–H and O–H groups in total. The quantitative estimate of drug-likeness (QED) is 0.897. The number of aromatic nitrogens is 2. The van der Waals surface area contributed by atoms with Crippen LogP contribution in [0.2, 0.25) is 5.15 Å². The highest BCUT2D eigenvalue weighted by Gasteiger charge is 2.43. The summed E-state index contributed by atoms with van der Waals surface area (Å²) in [6.07, 6.45) is 1.02. The lowest BCUT2D eigenvalue weighted by Crippen LogP contribution is -2.29. The van der Waals surface area contributed by atoms with Crippen LogP contribution in [-0.4, -0.2) is 45.5 Å². The van der Waals surface area contributed by atoms with Crippen molar-refractivity contribution in [3.05, 3.63) is 17.3 Å². The molecule has 0 spiro atoms. The SMILES string of the molecule is O=C(O)N1C[C@H]2CC(Oc3ccc(Cl)nn3)C[C@H]2C1. The largest absolute Gasteiger partial charge is 0.473 e. The summed E-state index contributed by atoms with van der Waals surface area (Å²) >= 11 is 5.66. The van der Waals surface area contributed by atoms with E-state index >= 15 is 0 Å². The Hall–Kier alpha value is -1.56. The molecule has 2 fully saturated rings. The Morgan fingerprint density at radius 1 is 1.32 bits per heavy atom. The average Bonchev–Trinajstić information content (AvgIpc) is 2.90. The maximum atomic E-state index is 10.9. The Morgan fingerprint density at radius 3 is 2.53 bits per heavy atom. The van der Waals surface area contributed by atoms with Gasteiger partial charge in [0.25, 0.3) is 0 Å². The third-order valence-corrected chi connectivity index (χ3v) is 4.07. The van der Waals surface area contributed by atoms with Gasteiger partial charge in [0.1, 0.15) is 6.10 Å². The molecule has 1 unspecified atom stereocenters. The zero-order valence-electron chi connectivity index (χ0n) is 10.2. The highest BCUT2D eigenvalue weighted by Crippen LogP contribution is 2.39. The van der Waals surface area contributed by atoms with Gasteiger partial charge >= 0.3 is 6.09 Å². The summed E-state index contributed by atoms with van der Waals surface area (Å²) in [4.78, 5) is 12.4. The molecule has 1 saturated heterocycles. The summed E-state index contributed by atoms with van der Waals surface area (Å²) in [6, 6.07) is 3.35. The maximum Gasteiger partial charge on any atom is 0.407 e. The lowest BCUT2D eigenvalue weighted by atomic mass is 10.0. The van der Waals surface area contributed by atoms with Crippen LogP contribution in [-0.2, 0) is 0 Å². The van der Waals surface area contributed by atoms with Crippen molar-refractivity contribution in [3.8, 4) is 5.88 Å². The minimum atomic E-state index is -0.824. The molecule has 1 amide bonds. The van der Waals surface area contributed by atoms with Crippen molar-refractivity contribution in [2.75, 3.05) is 13.1 Å². The number of hydrogen-bond acceptors (Lipinski definition) is 4. The first-order valence-electron chi connectivity index (χ1n) is 6.25. The van der Waals surface area contributed by atoms with Gasteiger partial charge in [-0.25, -0.2) is 4.79 Å². The summed E-state index contributed by atoms with van der Waals surface area (Å²) in [5.74, 6) is 1.28. The van der Waals surface area contributed by atoms with Gasteiger partial charge < -0.3 is 14.7 Å². The van der Waals surface area contributed by atoms with Gasteiger partial charge in [-0.1, -0.05) is 11.6 Å². The van der Waals surface area contributed by atoms with Gasteiger partial charge in [0.05, 0.1) is 0 Å². The van der Waals surface area contributed by atoms with Gasteiger partial charge in [-0.3, -0.25) is 0 Å². The minimum absolute atomic E-state index is 0.0985. The second-order valence-corrected chi connectivity index (χ2v) is 5.50. The van der Waals surface area contributed by atoms with Crippen molar-refractivity contribution in [2.45, 2.75) is 18.9 Å². The van der Waals surface area contributed by atoms with Crippen LogP contribution in [0.4, 0.5) is 4.79 Å². The molecule has 2 heterocycles. The number of ether oxygens (including phenoxy) is 1. The third kappa shape index (κ3) is 2.58. The normalized spacial score (nSPS) is 29.3. The Bertz CT molecular complexity index is 468. The van der Waals surface area contributed by atoms with Crippen LogP contribution in [0, 0.1) is 11.8 Å². The number of carbonyl (C=O) groups is 1. The van der Waals surface area contributed by atoms with Crippen LogP contribution in [0.5, 0.6) is 5.88 Å². The molecule has 2 aliphatic rings. The zero-order valence-corrected chi connectivity index (χ0v) is 11.0. The molecule has 1 aliphatic carbocycles. The number of fused-ring (bicyclic) bond motifs is 1. The van der Waals surface area contributed by atoms with Crippen LogP contribution >= 0.6 is 11.6 Å². The molecule has 1 saturated carbocycles. The van der Waals surface area contributed by atoms with Crippen molar-refractivity contribution < 1.29 is 14.6 Å². The highest BCUT2D eigenvalue weighted by atomic mass is 35.5. The van der Waals surface area contributed by atoms with Crippen LogP contribution in [0.15, 0.2) is 12.1 Å². The smallest absolute Gasteiger partial charge is 0.407 e. The van der Waals surface area contributed by atoms with Gasteiger partial charge in [0.15, 0.2) is 5.15 Å². The van der Waals surface area contributed by atoms with E-state index in [2.05, 4.69) is 10.2 Å². The maximum absolute atomic E-state index is 10.9. The molecule has 0 radical (unpaired) electrons. The highest BCUT2D eigenvalue weighted by molar-refractivity contribution is 6.29. The van der Waals surface area contributed by atoms with Gasteiger partial charge in [-0.05, 0) is 30.7 Å². The van der Waals surface area contributed by atoms with E-state index in [1.165, 1.54) is 4.90 Å². The lowest BCUT2D eigenvalue weighted by Gasteiger charge is -2.16. The fourth-order valence-electron chi connectivity index (χ4n) is 3.03. The van der Waals surface area contributed by atoms with E-state index < -0.39 is 6.09 Å². The zero-order chi connectivity index (χ0) is 13.4. The number of nitrogens with zero attached hydrogens (tertiary/aromatic N) is 3. The molecular weight excluding hydrogens is 270 g/mol. The van der Waals surface area contributed by atoms with Crippen molar-refractivity contribution in [3.63, 3.8) is 0 Å². The van der Waals surface area contributed by atoms with Crippen molar-refractivity contribution in [2.24, 2.45) is 11.8 Å². The number of hydrogen-bond donors (Lipinski definition) is 1. The molecule has 1 aromatic heterocycles. The third-order valence-electron chi connectivity index (χ3n) is 3.87. The van der Waals surface area contributed by atoms with Crippen molar-refractivity contribution >= 4 is 17.7 Å². The van der Waals surface area contributed by atoms with Crippen molar-refractivity contribution in [1.29, 1.82) is 0 Å². The first-order chi connectivity index (χ1) is 9.11. The molecule has 102 valence electrons. The van der Waals surface area contributed by atoms with E-state index in [4.69, 9.17) is 21.4 Å². The average molecular weight is 284 g/mol. The first-order valence-corrected chi connectivity index (χ1v) is 6.63. The van der Waals surface area contributed by atoms with Crippen LogP contribution in [0.25, 0.3) is 0 Å². The summed E-state index contributed by atoms with van der Waals surface area (Å²) in [6.45, 7) is 1.23. The number of amides is 1. The summed E-state index contributed by atoms with van der Waals surface area (Å²) in [7, 11) is 0. The topological polar surface area (TPSA) is 75.5 Å². The van der Waals surface area contributed by atoms with E-state index in [1.807, 2.05) is 0 Å². The first kappa shape index (κ1) is 12.5. The molecular formula is C12H14ClN3O3. The van der Waals surface area contributed by atoms with E-state index in [9.17, 15) is 4.79 Å². The molecule has 6 nitrogen and oxygen atoms in total. The van der Waals surface area contributed by atoms with Gasteiger partial charge in [0.2, 0.25) is 5.88 Å². The van der Waals surface area contributed by atoms with Crippen LogP contribution in [0.3, 0.4) is 0 Å². The van der Waals surface area contributed by atoms with E-state index in [1.54, 1.807) is 12.1 Å². The molecule has 7 heteroatoms. The number of halogens is 1. The molecule has 3 atom stereocenters. The predicted molar refractivity (Wildman–Crippen MR) is 67.3 cm³/mol. The van der Waals surface area contributed by atoms with E-state index in [0.717, 1.165) is 12.8 Å². The molecule has 19 heavy (non-hydrogen) atoms. The predicted octanol–water partition coefficient (Wildman–Crippen LogP) is 1.90. The van der Waals surface area contributed by atoms with E-state index in [0.29, 0.717) is 36.0 Å². The molecule has 3 rings (SSSR count). The van der Waals surface area contributed by atoms with Crippen LogP contribution < -0.4 is 4.74 Å². The van der Waals surface area contributed by atoms with E-state index in [-0.39, 0.29) is 6.10 Å². The van der Waals surface area contributed by atoms with Gasteiger partial charge in [0, 0.05) is 19.2 Å². The summed E-state index contributed by atoms with van der Waals surface area (Å²) in [5, 5.41) is 16.9. The number of rotatable bonds is 2. The fourth-order valence-corrected chi connectivity index (χ4v) is 3.13. The Balaban J connectivity index is 1.57. The standard InChI is InChI=1S/C12H14ClN3O3/c13-10-1-2-11(15-14-10)19-9-3-7-5-16(12(17)18)6-8(7)4-9/h1-2,7-9H,3-6H2,(H,17,18)/t7-,8+,9?. The second-order valence-electron chi connectivity index (χ2n) is 5.11. The minimum Gasteiger partial charge on any atom is -0.473 e. The molecule has 0 aromatic carbocycles. The van der Waals surface area contributed by atoms with Crippen molar-refractivity contribution in [1.82, 2.24) is 15.1 Å². The monoisotopic (exact) mass is 283 g/mol. The Labute approximate surface area is 115 Å². The van der Waals surface area contributed by atoms with Gasteiger partial charge in [-0.2, -0.15) is 0 Å². The van der Waals surface area contributed by atoms with Gasteiger partial charge in [-0.15, -0.1) is 10.2 Å².